The monoisotopic (exact) mass is 374 g/mol. The van der Waals surface area contributed by atoms with Gasteiger partial charge in [-0.3, -0.25) is 0 Å². The SMILES string of the molecule is C[C@]12[C@H](O)CC3[C@@H](CC[C@@H]4CCCC[C@]34C)[C@@]1(O)CC[C@@H]2C1=CC(=O)OC1. The molecule has 1 unspecified atom stereocenters. The molecule has 0 amide bonds. The third-order valence-corrected chi connectivity index (χ3v) is 10.00. The Kier molecular flexibility index (Phi) is 3.92. The average Bonchev–Trinajstić information content (AvgIpc) is 3.18. The highest BCUT2D eigenvalue weighted by Gasteiger charge is 2.70. The average molecular weight is 375 g/mol. The van der Waals surface area contributed by atoms with Gasteiger partial charge in [0.1, 0.15) is 6.61 Å². The highest BCUT2D eigenvalue weighted by molar-refractivity contribution is 5.85. The van der Waals surface area contributed by atoms with Crippen LogP contribution in [0.4, 0.5) is 0 Å². The summed E-state index contributed by atoms with van der Waals surface area (Å²) < 4.78 is 5.17. The summed E-state index contributed by atoms with van der Waals surface area (Å²) in [6.45, 7) is 4.87. The van der Waals surface area contributed by atoms with E-state index in [4.69, 9.17) is 4.74 Å². The normalized spacial score (nSPS) is 54.6. The lowest BCUT2D eigenvalue weighted by Gasteiger charge is -2.64. The van der Waals surface area contributed by atoms with Gasteiger partial charge in [-0.25, -0.2) is 4.79 Å². The Balaban J connectivity index is 1.53. The van der Waals surface area contributed by atoms with Crippen LogP contribution < -0.4 is 0 Å². The number of esters is 1. The van der Waals surface area contributed by atoms with E-state index in [1.54, 1.807) is 6.08 Å². The van der Waals surface area contributed by atoms with Crippen molar-refractivity contribution in [1.82, 2.24) is 0 Å². The molecule has 0 bridgehead atoms. The number of ether oxygens (including phenoxy) is 1. The number of hydrogen-bond acceptors (Lipinski definition) is 4. The molecular weight excluding hydrogens is 340 g/mol. The molecule has 4 aliphatic carbocycles. The Morgan fingerprint density at radius 2 is 1.89 bits per heavy atom. The third-order valence-electron chi connectivity index (χ3n) is 10.00. The van der Waals surface area contributed by atoms with Crippen LogP contribution in [0.2, 0.25) is 0 Å². The van der Waals surface area contributed by atoms with Crippen molar-refractivity contribution in [1.29, 1.82) is 0 Å². The first-order valence-electron chi connectivity index (χ1n) is 11.1. The lowest BCUT2D eigenvalue weighted by molar-refractivity contribution is -0.242. The van der Waals surface area contributed by atoms with Gasteiger partial charge in [0.2, 0.25) is 0 Å². The predicted molar refractivity (Wildman–Crippen MR) is 102 cm³/mol. The molecule has 2 N–H and O–H groups in total. The first kappa shape index (κ1) is 18.2. The summed E-state index contributed by atoms with van der Waals surface area (Å²) in [4.78, 5) is 11.6. The predicted octanol–water partition coefficient (Wildman–Crippen LogP) is 3.60. The number of fused-ring (bicyclic) bond motifs is 5. The van der Waals surface area contributed by atoms with E-state index in [0.29, 0.717) is 12.5 Å². The molecule has 4 saturated carbocycles. The van der Waals surface area contributed by atoms with Crippen LogP contribution in [-0.2, 0) is 9.53 Å². The molecule has 5 aliphatic rings. The van der Waals surface area contributed by atoms with Crippen LogP contribution >= 0.6 is 0 Å². The van der Waals surface area contributed by atoms with Gasteiger partial charge in [0.15, 0.2) is 0 Å². The van der Waals surface area contributed by atoms with Gasteiger partial charge in [-0.15, -0.1) is 0 Å². The summed E-state index contributed by atoms with van der Waals surface area (Å²) in [6, 6.07) is 0. The third kappa shape index (κ3) is 2.20. The summed E-state index contributed by atoms with van der Waals surface area (Å²) in [7, 11) is 0. The molecule has 5 rings (SSSR count). The van der Waals surface area contributed by atoms with Crippen LogP contribution in [0, 0.1) is 34.5 Å². The van der Waals surface area contributed by atoms with Crippen molar-refractivity contribution in [2.75, 3.05) is 6.61 Å². The highest BCUT2D eigenvalue weighted by atomic mass is 16.5. The van der Waals surface area contributed by atoms with Gasteiger partial charge in [-0.05, 0) is 79.6 Å². The van der Waals surface area contributed by atoms with Gasteiger partial charge < -0.3 is 14.9 Å². The molecule has 0 saturated heterocycles. The van der Waals surface area contributed by atoms with Crippen molar-refractivity contribution in [2.45, 2.75) is 83.3 Å². The lowest BCUT2D eigenvalue weighted by atomic mass is 9.42. The van der Waals surface area contributed by atoms with Gasteiger partial charge in [0, 0.05) is 11.5 Å². The van der Waals surface area contributed by atoms with Gasteiger partial charge in [0.05, 0.1) is 11.7 Å². The Bertz CT molecular complexity index is 686. The van der Waals surface area contributed by atoms with E-state index in [1.807, 2.05) is 0 Å². The summed E-state index contributed by atoms with van der Waals surface area (Å²) in [5.41, 5.74) is -0.166. The summed E-state index contributed by atoms with van der Waals surface area (Å²) >= 11 is 0. The molecule has 4 heteroatoms. The molecule has 150 valence electrons. The Labute approximate surface area is 162 Å². The lowest BCUT2D eigenvalue weighted by Crippen LogP contribution is -2.66. The first-order valence-corrected chi connectivity index (χ1v) is 11.1. The van der Waals surface area contributed by atoms with E-state index >= 15 is 0 Å². The molecule has 4 nitrogen and oxygen atoms in total. The van der Waals surface area contributed by atoms with Crippen molar-refractivity contribution in [3.05, 3.63) is 11.6 Å². The molecule has 1 heterocycles. The van der Waals surface area contributed by atoms with Crippen LogP contribution in [0.3, 0.4) is 0 Å². The maximum Gasteiger partial charge on any atom is 0.331 e. The number of aliphatic hydroxyl groups is 2. The highest BCUT2D eigenvalue weighted by Crippen LogP contribution is 2.69. The maximum atomic E-state index is 12.1. The molecule has 0 aromatic heterocycles. The van der Waals surface area contributed by atoms with Crippen molar-refractivity contribution in [3.8, 4) is 0 Å². The van der Waals surface area contributed by atoms with E-state index in [2.05, 4.69) is 13.8 Å². The summed E-state index contributed by atoms with van der Waals surface area (Å²) in [6.07, 6.45) is 11.0. The quantitative estimate of drug-likeness (QED) is 0.688. The molecule has 1 aliphatic heterocycles. The molecule has 0 radical (unpaired) electrons. The van der Waals surface area contributed by atoms with Crippen molar-refractivity contribution >= 4 is 5.97 Å². The second-order valence-electron chi connectivity index (χ2n) is 10.6. The zero-order valence-electron chi connectivity index (χ0n) is 16.7. The van der Waals surface area contributed by atoms with Gasteiger partial charge >= 0.3 is 5.97 Å². The van der Waals surface area contributed by atoms with E-state index in [-0.39, 0.29) is 23.2 Å². The van der Waals surface area contributed by atoms with E-state index < -0.39 is 17.1 Å². The van der Waals surface area contributed by atoms with E-state index in [1.165, 1.54) is 32.1 Å². The summed E-state index contributed by atoms with van der Waals surface area (Å²) in [5, 5.41) is 23.6. The number of hydrogen-bond donors (Lipinski definition) is 2. The van der Waals surface area contributed by atoms with Gasteiger partial charge in [-0.1, -0.05) is 26.7 Å². The van der Waals surface area contributed by atoms with Crippen LogP contribution in [0.25, 0.3) is 0 Å². The molecule has 0 aromatic rings. The fourth-order valence-electron chi connectivity index (χ4n) is 8.43. The van der Waals surface area contributed by atoms with Crippen LogP contribution in [0.5, 0.6) is 0 Å². The molecule has 0 spiro atoms. The minimum atomic E-state index is -0.835. The Hall–Kier alpha value is -0.870. The number of aliphatic hydroxyl groups excluding tert-OH is 1. The topological polar surface area (TPSA) is 66.8 Å². The van der Waals surface area contributed by atoms with Crippen LogP contribution in [0.1, 0.15) is 71.6 Å². The summed E-state index contributed by atoms with van der Waals surface area (Å²) in [5.74, 6) is 1.21. The van der Waals surface area contributed by atoms with Gasteiger partial charge in [0.25, 0.3) is 0 Å². The largest absolute Gasteiger partial charge is 0.458 e. The standard InChI is InChI=1S/C23H34O4/c1-21-9-4-3-5-15(21)6-7-17-18(21)12-19(24)22(2)16(8-10-23(17,22)26)14-11-20(25)27-13-14/h11,15-19,24,26H,3-10,12-13H2,1-2H3/t15-,16+,17+,18?,19+,21-,22-,23-/m0/s1. The van der Waals surface area contributed by atoms with Crippen molar-refractivity contribution in [2.24, 2.45) is 34.5 Å². The zero-order chi connectivity index (χ0) is 19.0. The van der Waals surface area contributed by atoms with Crippen LogP contribution in [-0.4, -0.2) is 34.5 Å². The number of carbonyl (C=O) groups is 1. The second kappa shape index (κ2) is 5.82. The molecule has 0 aromatic carbocycles. The van der Waals surface area contributed by atoms with E-state index in [9.17, 15) is 15.0 Å². The number of rotatable bonds is 1. The zero-order valence-corrected chi connectivity index (χ0v) is 16.7. The Morgan fingerprint density at radius 1 is 1.07 bits per heavy atom. The van der Waals surface area contributed by atoms with Crippen LogP contribution in [0.15, 0.2) is 11.6 Å². The first-order chi connectivity index (χ1) is 12.8. The second-order valence-corrected chi connectivity index (χ2v) is 10.6. The molecular formula is C23H34O4. The van der Waals surface area contributed by atoms with Crippen molar-refractivity contribution < 1.29 is 19.7 Å². The minimum Gasteiger partial charge on any atom is -0.458 e. The van der Waals surface area contributed by atoms with Gasteiger partial charge in [-0.2, -0.15) is 0 Å². The Morgan fingerprint density at radius 3 is 2.63 bits per heavy atom. The fraction of sp³-hybridized carbons (Fsp3) is 0.870. The number of cyclic esters (lactones) is 1. The smallest absolute Gasteiger partial charge is 0.331 e. The van der Waals surface area contributed by atoms with Crippen molar-refractivity contribution in [3.63, 3.8) is 0 Å². The van der Waals surface area contributed by atoms with E-state index in [0.717, 1.165) is 37.2 Å². The fourth-order valence-corrected chi connectivity index (χ4v) is 8.43. The number of carbonyl (C=O) groups excluding carboxylic acids is 1. The molecule has 27 heavy (non-hydrogen) atoms. The maximum absolute atomic E-state index is 12.1. The molecule has 4 fully saturated rings. The minimum absolute atomic E-state index is 0.0433. The molecule has 8 atom stereocenters.